The highest BCUT2D eigenvalue weighted by atomic mass is 35.5. The van der Waals surface area contributed by atoms with Gasteiger partial charge in [-0.3, -0.25) is 4.79 Å². The van der Waals surface area contributed by atoms with Gasteiger partial charge in [0.05, 0.1) is 18.3 Å². The van der Waals surface area contributed by atoms with Gasteiger partial charge in [-0.25, -0.2) is 4.98 Å². The number of carbonyl (C=O) groups excluding carboxylic acids is 1. The molecule has 1 fully saturated rings. The Balaban J connectivity index is 0.00000182. The Kier molecular flexibility index (Phi) is 10.5. The molecule has 27 heavy (non-hydrogen) atoms. The van der Waals surface area contributed by atoms with Crippen LogP contribution in [0.3, 0.4) is 0 Å². The number of nitrogens with one attached hydrogen (secondary N) is 2. The lowest BCUT2D eigenvalue weighted by atomic mass is 9.99. The van der Waals surface area contributed by atoms with E-state index in [1.54, 1.807) is 30.8 Å². The molecule has 2 heterocycles. The first-order chi connectivity index (χ1) is 12.3. The summed E-state index contributed by atoms with van der Waals surface area (Å²) in [6.45, 7) is 3.10. The first kappa shape index (κ1) is 23.5. The molecule has 6 nitrogen and oxygen atoms in total. The van der Waals surface area contributed by atoms with Crippen LogP contribution in [0.2, 0.25) is 0 Å². The Bertz CT molecular complexity index is 695. The summed E-state index contributed by atoms with van der Waals surface area (Å²) in [4.78, 5) is 16.6. The van der Waals surface area contributed by atoms with E-state index in [0.29, 0.717) is 36.1 Å². The normalized spacial score (nSPS) is 15.8. The molecule has 0 radical (unpaired) electrons. The van der Waals surface area contributed by atoms with Gasteiger partial charge in [0.1, 0.15) is 6.61 Å². The molecule has 9 heteroatoms. The van der Waals surface area contributed by atoms with Crippen molar-refractivity contribution in [1.29, 1.82) is 0 Å². The van der Waals surface area contributed by atoms with E-state index in [2.05, 4.69) is 15.6 Å². The number of piperidine rings is 1. The fraction of sp³-hybridized carbons (Fsp3) is 0.444. The SMILES string of the molecule is COc1cc(C(=O)NCC2CCCNC2)ccc1OCc1cscn1.Cl.Cl. The lowest BCUT2D eigenvalue weighted by Gasteiger charge is -2.22. The van der Waals surface area contributed by atoms with Crippen LogP contribution in [0.4, 0.5) is 0 Å². The minimum atomic E-state index is -0.0880. The molecule has 2 aromatic rings. The van der Waals surface area contributed by atoms with Gasteiger partial charge in [0, 0.05) is 17.5 Å². The maximum absolute atomic E-state index is 12.4. The molecule has 1 amide bonds. The zero-order valence-corrected chi connectivity index (χ0v) is 17.6. The minimum absolute atomic E-state index is 0. The molecule has 1 atom stereocenters. The molecule has 1 unspecified atom stereocenters. The summed E-state index contributed by atoms with van der Waals surface area (Å²) in [7, 11) is 1.57. The fourth-order valence-electron chi connectivity index (χ4n) is 2.83. The van der Waals surface area contributed by atoms with Crippen molar-refractivity contribution in [3.63, 3.8) is 0 Å². The number of amides is 1. The summed E-state index contributed by atoms with van der Waals surface area (Å²) >= 11 is 1.53. The van der Waals surface area contributed by atoms with Crippen molar-refractivity contribution < 1.29 is 14.3 Å². The topological polar surface area (TPSA) is 72.5 Å². The number of aromatic nitrogens is 1. The van der Waals surface area contributed by atoms with E-state index < -0.39 is 0 Å². The predicted octanol–water partition coefficient (Wildman–Crippen LogP) is 3.30. The maximum Gasteiger partial charge on any atom is 0.251 e. The number of rotatable bonds is 7. The number of hydrogen-bond acceptors (Lipinski definition) is 6. The van der Waals surface area contributed by atoms with Gasteiger partial charge in [-0.2, -0.15) is 0 Å². The average Bonchev–Trinajstić information content (AvgIpc) is 3.18. The standard InChI is InChI=1S/C18H23N3O3S.2ClH/c1-23-17-7-14(18(22)20-9-13-3-2-6-19-8-13)4-5-16(17)24-10-15-11-25-12-21-15;;/h4-5,7,11-13,19H,2-3,6,8-10H2,1H3,(H,20,22);2*1H. The number of benzene rings is 1. The Morgan fingerprint density at radius 3 is 2.89 bits per heavy atom. The summed E-state index contributed by atoms with van der Waals surface area (Å²) in [6, 6.07) is 5.24. The van der Waals surface area contributed by atoms with E-state index in [-0.39, 0.29) is 30.7 Å². The third-order valence-electron chi connectivity index (χ3n) is 4.24. The molecule has 3 rings (SSSR count). The van der Waals surface area contributed by atoms with Crippen molar-refractivity contribution in [1.82, 2.24) is 15.6 Å². The predicted molar refractivity (Wildman–Crippen MR) is 112 cm³/mol. The molecule has 2 N–H and O–H groups in total. The van der Waals surface area contributed by atoms with Gasteiger partial charge >= 0.3 is 0 Å². The van der Waals surface area contributed by atoms with E-state index >= 15 is 0 Å². The number of halogens is 2. The zero-order chi connectivity index (χ0) is 17.5. The molecular formula is C18H25Cl2N3O3S. The molecule has 1 aliphatic heterocycles. The largest absolute Gasteiger partial charge is 0.493 e. The van der Waals surface area contributed by atoms with Crippen LogP contribution in [-0.4, -0.2) is 37.6 Å². The smallest absolute Gasteiger partial charge is 0.251 e. The first-order valence-corrected chi connectivity index (χ1v) is 9.37. The lowest BCUT2D eigenvalue weighted by Crippen LogP contribution is -2.38. The van der Waals surface area contributed by atoms with Crippen molar-refractivity contribution in [3.8, 4) is 11.5 Å². The van der Waals surface area contributed by atoms with E-state index in [4.69, 9.17) is 9.47 Å². The van der Waals surface area contributed by atoms with Gasteiger partial charge in [0.15, 0.2) is 11.5 Å². The Hall–Kier alpha value is -1.54. The van der Waals surface area contributed by atoms with E-state index in [1.165, 1.54) is 17.8 Å². The van der Waals surface area contributed by atoms with Gasteiger partial charge in [0.2, 0.25) is 0 Å². The van der Waals surface area contributed by atoms with Crippen molar-refractivity contribution in [2.24, 2.45) is 5.92 Å². The molecule has 1 aromatic heterocycles. The Morgan fingerprint density at radius 2 is 2.22 bits per heavy atom. The summed E-state index contributed by atoms with van der Waals surface area (Å²) in [5.74, 6) is 1.56. The van der Waals surface area contributed by atoms with Crippen LogP contribution in [0, 0.1) is 5.92 Å². The third-order valence-corrected chi connectivity index (χ3v) is 4.87. The van der Waals surface area contributed by atoms with Crippen LogP contribution in [0.15, 0.2) is 29.1 Å². The first-order valence-electron chi connectivity index (χ1n) is 8.43. The van der Waals surface area contributed by atoms with Crippen LogP contribution >= 0.6 is 36.2 Å². The Labute approximate surface area is 175 Å². The van der Waals surface area contributed by atoms with Crippen molar-refractivity contribution >= 4 is 42.1 Å². The highest BCUT2D eigenvalue weighted by Crippen LogP contribution is 2.29. The molecule has 1 saturated heterocycles. The van der Waals surface area contributed by atoms with Gasteiger partial charge < -0.3 is 20.1 Å². The maximum atomic E-state index is 12.4. The number of hydrogen-bond donors (Lipinski definition) is 2. The summed E-state index contributed by atoms with van der Waals surface area (Å²) < 4.78 is 11.1. The quantitative estimate of drug-likeness (QED) is 0.700. The average molecular weight is 434 g/mol. The van der Waals surface area contributed by atoms with E-state index in [1.807, 2.05) is 5.38 Å². The summed E-state index contributed by atoms with van der Waals surface area (Å²) in [5, 5.41) is 8.31. The van der Waals surface area contributed by atoms with Gasteiger partial charge in [-0.15, -0.1) is 36.2 Å². The third kappa shape index (κ3) is 6.84. The number of nitrogens with zero attached hydrogens (tertiary/aromatic N) is 1. The highest BCUT2D eigenvalue weighted by molar-refractivity contribution is 7.07. The van der Waals surface area contributed by atoms with Crippen LogP contribution < -0.4 is 20.1 Å². The number of carbonyl (C=O) groups is 1. The summed E-state index contributed by atoms with van der Waals surface area (Å²) in [6.07, 6.45) is 2.32. The van der Waals surface area contributed by atoms with Crippen LogP contribution in [-0.2, 0) is 6.61 Å². The Morgan fingerprint density at radius 1 is 1.37 bits per heavy atom. The van der Waals surface area contributed by atoms with Crippen molar-refractivity contribution in [2.45, 2.75) is 19.4 Å². The minimum Gasteiger partial charge on any atom is -0.493 e. The van der Waals surface area contributed by atoms with Crippen LogP contribution in [0.25, 0.3) is 0 Å². The number of ether oxygens (including phenoxy) is 2. The molecule has 1 aliphatic rings. The molecule has 0 saturated carbocycles. The van der Waals surface area contributed by atoms with Crippen LogP contribution in [0.5, 0.6) is 11.5 Å². The van der Waals surface area contributed by atoms with E-state index in [9.17, 15) is 4.79 Å². The van der Waals surface area contributed by atoms with Gasteiger partial charge in [-0.1, -0.05) is 0 Å². The van der Waals surface area contributed by atoms with Gasteiger partial charge in [0.25, 0.3) is 5.91 Å². The molecule has 0 spiro atoms. The molecule has 150 valence electrons. The van der Waals surface area contributed by atoms with Crippen LogP contribution in [0.1, 0.15) is 28.9 Å². The molecule has 0 aliphatic carbocycles. The lowest BCUT2D eigenvalue weighted by molar-refractivity contribution is 0.0944. The molecule has 1 aromatic carbocycles. The van der Waals surface area contributed by atoms with Gasteiger partial charge in [-0.05, 0) is 50.0 Å². The second kappa shape index (κ2) is 12.0. The van der Waals surface area contributed by atoms with Crippen molar-refractivity contribution in [3.05, 3.63) is 40.3 Å². The second-order valence-electron chi connectivity index (χ2n) is 6.06. The zero-order valence-electron chi connectivity index (χ0n) is 15.1. The molecular weight excluding hydrogens is 409 g/mol. The van der Waals surface area contributed by atoms with Crippen molar-refractivity contribution in [2.75, 3.05) is 26.7 Å². The number of thiazole rings is 1. The fourth-order valence-corrected chi connectivity index (χ4v) is 3.37. The monoisotopic (exact) mass is 433 g/mol. The molecule has 0 bridgehead atoms. The highest BCUT2D eigenvalue weighted by Gasteiger charge is 2.16. The second-order valence-corrected chi connectivity index (χ2v) is 6.78. The van der Waals surface area contributed by atoms with E-state index in [0.717, 1.165) is 25.2 Å². The summed E-state index contributed by atoms with van der Waals surface area (Å²) in [5.41, 5.74) is 3.21. The number of methoxy groups -OCH3 is 1.